The number of hydrogen-bond acceptors (Lipinski definition) is 4. The van der Waals surface area contributed by atoms with Crippen LogP contribution in [0.4, 0.5) is 4.39 Å². The topological polar surface area (TPSA) is 59.8 Å². The van der Waals surface area contributed by atoms with Crippen molar-refractivity contribution in [3.63, 3.8) is 0 Å². The fourth-order valence-electron chi connectivity index (χ4n) is 2.68. The number of nitrogens with one attached hydrogen (secondary N) is 1. The Kier molecular flexibility index (Phi) is 6.24. The molecule has 5 nitrogen and oxygen atoms in total. The molecule has 3 rings (SSSR count). The Balaban J connectivity index is 1.50. The van der Waals surface area contributed by atoms with Gasteiger partial charge in [-0.1, -0.05) is 48.2 Å². The highest BCUT2D eigenvalue weighted by atomic mass is 32.2. The van der Waals surface area contributed by atoms with E-state index >= 15 is 0 Å². The van der Waals surface area contributed by atoms with Gasteiger partial charge in [0.25, 0.3) is 0 Å². The number of thioether (sulfide) groups is 1. The number of hydrogen-bond donors (Lipinski definition) is 1. The van der Waals surface area contributed by atoms with E-state index in [2.05, 4.69) is 15.5 Å². The lowest BCUT2D eigenvalue weighted by Gasteiger charge is -2.07. The number of benzene rings is 2. The molecule has 0 saturated carbocycles. The van der Waals surface area contributed by atoms with Crippen molar-refractivity contribution in [2.24, 2.45) is 7.05 Å². The molecule has 0 fully saturated rings. The van der Waals surface area contributed by atoms with Crippen molar-refractivity contribution in [1.82, 2.24) is 20.1 Å². The molecule has 1 heterocycles. The molecule has 7 heteroatoms. The van der Waals surface area contributed by atoms with Crippen molar-refractivity contribution in [2.45, 2.75) is 18.5 Å². The second kappa shape index (κ2) is 8.81. The van der Waals surface area contributed by atoms with Crippen LogP contribution < -0.4 is 5.32 Å². The van der Waals surface area contributed by atoms with Gasteiger partial charge >= 0.3 is 0 Å². The Morgan fingerprint density at radius 3 is 2.63 bits per heavy atom. The van der Waals surface area contributed by atoms with Crippen LogP contribution in [-0.2, 0) is 18.3 Å². The molecule has 3 aromatic rings. The fraction of sp³-hybridized carbons (Fsp3) is 0.250. The second-order valence-electron chi connectivity index (χ2n) is 6.20. The molecule has 1 aromatic heterocycles. The second-order valence-corrected chi connectivity index (χ2v) is 7.14. The Hall–Kier alpha value is -2.67. The van der Waals surface area contributed by atoms with Crippen LogP contribution in [-0.4, -0.2) is 33.0 Å². The first-order valence-electron chi connectivity index (χ1n) is 8.64. The number of rotatable bonds is 7. The minimum Gasteiger partial charge on any atom is -0.355 e. The van der Waals surface area contributed by atoms with Crippen LogP contribution in [0.1, 0.15) is 11.1 Å². The van der Waals surface area contributed by atoms with Gasteiger partial charge in [-0.05, 0) is 36.6 Å². The van der Waals surface area contributed by atoms with E-state index in [1.54, 1.807) is 12.1 Å². The summed E-state index contributed by atoms with van der Waals surface area (Å²) in [5, 5.41) is 12.0. The Morgan fingerprint density at radius 1 is 1.15 bits per heavy atom. The van der Waals surface area contributed by atoms with Gasteiger partial charge in [-0.3, -0.25) is 4.79 Å². The van der Waals surface area contributed by atoms with Crippen LogP contribution in [0.15, 0.2) is 53.7 Å². The van der Waals surface area contributed by atoms with Gasteiger partial charge in [-0.2, -0.15) is 0 Å². The normalized spacial score (nSPS) is 10.8. The fourth-order valence-corrected chi connectivity index (χ4v) is 3.42. The summed E-state index contributed by atoms with van der Waals surface area (Å²) in [6.07, 6.45) is 0.665. The highest BCUT2D eigenvalue weighted by Crippen LogP contribution is 2.24. The van der Waals surface area contributed by atoms with E-state index in [0.717, 1.165) is 22.5 Å². The Morgan fingerprint density at radius 2 is 1.89 bits per heavy atom. The number of amides is 1. The molecule has 1 N–H and O–H groups in total. The predicted molar refractivity (Wildman–Crippen MR) is 105 cm³/mol. The van der Waals surface area contributed by atoms with Crippen molar-refractivity contribution < 1.29 is 9.18 Å². The van der Waals surface area contributed by atoms with E-state index in [-0.39, 0.29) is 17.5 Å². The number of nitrogens with zero attached hydrogens (tertiary/aromatic N) is 3. The molecule has 1 amide bonds. The third-order valence-electron chi connectivity index (χ3n) is 4.20. The van der Waals surface area contributed by atoms with Gasteiger partial charge in [0.1, 0.15) is 5.82 Å². The van der Waals surface area contributed by atoms with Crippen LogP contribution in [0.2, 0.25) is 0 Å². The molecule has 0 radical (unpaired) electrons. The molecule has 0 atom stereocenters. The summed E-state index contributed by atoms with van der Waals surface area (Å²) in [7, 11) is 1.90. The van der Waals surface area contributed by atoms with Crippen molar-refractivity contribution in [3.8, 4) is 11.4 Å². The molecule has 27 heavy (non-hydrogen) atoms. The van der Waals surface area contributed by atoms with Gasteiger partial charge in [0.2, 0.25) is 5.91 Å². The van der Waals surface area contributed by atoms with Gasteiger partial charge in [-0.15, -0.1) is 10.2 Å². The average Bonchev–Trinajstić information content (AvgIpc) is 3.02. The number of aryl methyl sites for hydroxylation is 1. The number of carbonyl (C=O) groups excluding carboxylic acids is 1. The smallest absolute Gasteiger partial charge is 0.230 e. The third-order valence-corrected chi connectivity index (χ3v) is 5.22. The number of carbonyl (C=O) groups is 1. The lowest BCUT2D eigenvalue weighted by molar-refractivity contribution is -0.118. The summed E-state index contributed by atoms with van der Waals surface area (Å²) in [5.41, 5.74) is 3.15. The molecule has 140 valence electrons. The summed E-state index contributed by atoms with van der Waals surface area (Å²) < 4.78 is 14.8. The van der Waals surface area contributed by atoms with Gasteiger partial charge < -0.3 is 9.88 Å². The van der Waals surface area contributed by atoms with Crippen LogP contribution in [0.5, 0.6) is 0 Å². The Bertz CT molecular complexity index is 924. The van der Waals surface area contributed by atoms with Crippen molar-refractivity contribution in [2.75, 3.05) is 12.3 Å². The molecular weight excluding hydrogens is 363 g/mol. The van der Waals surface area contributed by atoms with E-state index in [9.17, 15) is 9.18 Å². The first-order chi connectivity index (χ1) is 13.0. The minimum atomic E-state index is -0.257. The van der Waals surface area contributed by atoms with E-state index in [4.69, 9.17) is 0 Å². The monoisotopic (exact) mass is 384 g/mol. The largest absolute Gasteiger partial charge is 0.355 e. The van der Waals surface area contributed by atoms with Gasteiger partial charge in [0.15, 0.2) is 11.0 Å². The van der Waals surface area contributed by atoms with Crippen molar-refractivity contribution in [3.05, 3.63) is 65.5 Å². The quantitative estimate of drug-likeness (QED) is 0.635. The summed E-state index contributed by atoms with van der Waals surface area (Å²) >= 11 is 1.35. The molecule has 0 bridgehead atoms. The van der Waals surface area contributed by atoms with E-state index in [0.29, 0.717) is 18.1 Å². The molecule has 0 unspecified atom stereocenters. The van der Waals surface area contributed by atoms with E-state index in [1.165, 1.54) is 23.9 Å². The maximum absolute atomic E-state index is 12.9. The zero-order chi connectivity index (χ0) is 19.2. The molecule has 0 aliphatic heterocycles. The standard InChI is InChI=1S/C20H21FN4OS/c1-14-5-3-4-6-17(14)19-23-24-20(25(19)2)27-13-18(26)22-12-11-15-7-9-16(21)10-8-15/h3-10H,11-13H2,1-2H3,(H,22,26). The minimum absolute atomic E-state index is 0.0671. The molecular formula is C20H21FN4OS. The van der Waals surface area contributed by atoms with Crippen LogP contribution in [0.25, 0.3) is 11.4 Å². The first-order valence-corrected chi connectivity index (χ1v) is 9.62. The van der Waals surface area contributed by atoms with Crippen LogP contribution in [0.3, 0.4) is 0 Å². The predicted octanol–water partition coefficient (Wildman–Crippen LogP) is 3.38. The summed E-state index contributed by atoms with van der Waals surface area (Å²) in [5.74, 6) is 0.728. The maximum atomic E-state index is 12.9. The average molecular weight is 384 g/mol. The first kappa shape index (κ1) is 19.1. The third kappa shape index (κ3) is 4.95. The lowest BCUT2D eigenvalue weighted by atomic mass is 10.1. The van der Waals surface area contributed by atoms with E-state index in [1.807, 2.05) is 42.8 Å². The number of halogens is 1. The molecule has 2 aromatic carbocycles. The maximum Gasteiger partial charge on any atom is 0.230 e. The summed E-state index contributed by atoms with van der Waals surface area (Å²) in [6, 6.07) is 14.3. The summed E-state index contributed by atoms with van der Waals surface area (Å²) in [6.45, 7) is 2.55. The highest BCUT2D eigenvalue weighted by molar-refractivity contribution is 7.99. The highest BCUT2D eigenvalue weighted by Gasteiger charge is 2.14. The van der Waals surface area contributed by atoms with Crippen molar-refractivity contribution in [1.29, 1.82) is 0 Å². The molecule has 0 spiro atoms. The van der Waals surface area contributed by atoms with E-state index < -0.39 is 0 Å². The Labute approximate surface area is 162 Å². The van der Waals surface area contributed by atoms with Crippen LogP contribution in [0, 0.1) is 12.7 Å². The molecule has 0 aliphatic carbocycles. The van der Waals surface area contributed by atoms with Gasteiger partial charge in [0.05, 0.1) is 5.75 Å². The summed E-state index contributed by atoms with van der Waals surface area (Å²) in [4.78, 5) is 12.1. The van der Waals surface area contributed by atoms with Crippen molar-refractivity contribution >= 4 is 17.7 Å². The SMILES string of the molecule is Cc1ccccc1-c1nnc(SCC(=O)NCCc2ccc(F)cc2)n1C. The molecule has 0 aliphatic rings. The van der Waals surface area contributed by atoms with Crippen LogP contribution >= 0.6 is 11.8 Å². The lowest BCUT2D eigenvalue weighted by Crippen LogP contribution is -2.27. The zero-order valence-electron chi connectivity index (χ0n) is 15.3. The molecule has 0 saturated heterocycles. The number of aromatic nitrogens is 3. The van der Waals surface area contributed by atoms with Gasteiger partial charge in [0, 0.05) is 19.2 Å². The van der Waals surface area contributed by atoms with Gasteiger partial charge in [-0.25, -0.2) is 4.39 Å². The zero-order valence-corrected chi connectivity index (χ0v) is 16.1.